The predicted octanol–water partition coefficient (Wildman–Crippen LogP) is 4.87. The van der Waals surface area contributed by atoms with E-state index in [1.165, 1.54) is 28.4 Å². The van der Waals surface area contributed by atoms with Crippen molar-refractivity contribution in [3.8, 4) is 11.4 Å². The summed E-state index contributed by atoms with van der Waals surface area (Å²) in [6, 6.07) is 12.7. The molecule has 32 heavy (non-hydrogen) atoms. The summed E-state index contributed by atoms with van der Waals surface area (Å²) in [4.78, 5) is 16.3. The molecule has 0 saturated heterocycles. The van der Waals surface area contributed by atoms with E-state index >= 15 is 0 Å². The van der Waals surface area contributed by atoms with Gasteiger partial charge in [0.2, 0.25) is 5.91 Å². The average Bonchev–Trinajstić information content (AvgIpc) is 3.16. The van der Waals surface area contributed by atoms with Crippen molar-refractivity contribution in [1.82, 2.24) is 19.7 Å². The second kappa shape index (κ2) is 10.8. The number of rotatable bonds is 9. The highest BCUT2D eigenvalue weighted by Crippen LogP contribution is 2.26. The van der Waals surface area contributed by atoms with Crippen LogP contribution in [0.5, 0.6) is 0 Å². The Hall–Kier alpha value is -2.58. The van der Waals surface area contributed by atoms with E-state index in [1.54, 1.807) is 19.2 Å². The summed E-state index contributed by atoms with van der Waals surface area (Å²) < 4.78 is 15.9. The highest BCUT2D eigenvalue weighted by molar-refractivity contribution is 7.99. The van der Waals surface area contributed by atoms with E-state index in [4.69, 9.17) is 11.6 Å². The molecule has 1 aromatic heterocycles. The Morgan fingerprint density at radius 2 is 1.81 bits per heavy atom. The maximum absolute atomic E-state index is 14.0. The Bertz CT molecular complexity index is 1050. The van der Waals surface area contributed by atoms with Crippen LogP contribution in [0.4, 0.5) is 10.1 Å². The van der Waals surface area contributed by atoms with Crippen molar-refractivity contribution >= 4 is 35.0 Å². The number of thioether (sulfide) groups is 1. The first kappa shape index (κ1) is 24.1. The summed E-state index contributed by atoms with van der Waals surface area (Å²) in [6.07, 6.45) is 0. The van der Waals surface area contributed by atoms with E-state index in [9.17, 15) is 9.18 Å². The molecule has 0 unspecified atom stereocenters. The number of nitrogens with zero attached hydrogens (tertiary/aromatic N) is 5. The molecule has 0 aliphatic carbocycles. The van der Waals surface area contributed by atoms with Gasteiger partial charge in [-0.15, -0.1) is 10.2 Å². The van der Waals surface area contributed by atoms with Crippen molar-refractivity contribution < 1.29 is 9.18 Å². The largest absolute Gasteiger partial charge is 0.372 e. The van der Waals surface area contributed by atoms with Gasteiger partial charge in [-0.3, -0.25) is 4.79 Å². The summed E-state index contributed by atoms with van der Waals surface area (Å²) in [5.41, 5.74) is 2.43. The van der Waals surface area contributed by atoms with E-state index in [2.05, 4.69) is 41.1 Å². The van der Waals surface area contributed by atoms with Gasteiger partial charge in [-0.2, -0.15) is 0 Å². The molecule has 1 heterocycles. The number of carbonyl (C=O) groups is 1. The number of anilines is 1. The second-order valence-electron chi connectivity index (χ2n) is 7.32. The zero-order valence-electron chi connectivity index (χ0n) is 18.7. The quantitative estimate of drug-likeness (QED) is 0.413. The third kappa shape index (κ3) is 5.42. The van der Waals surface area contributed by atoms with Crippen LogP contribution in [0.3, 0.4) is 0 Å². The molecule has 0 spiro atoms. The van der Waals surface area contributed by atoms with E-state index in [0.717, 1.165) is 24.5 Å². The van der Waals surface area contributed by atoms with Crippen LogP contribution in [0.15, 0.2) is 47.6 Å². The molecule has 0 fully saturated rings. The molecule has 1 amide bonds. The number of benzene rings is 2. The summed E-state index contributed by atoms with van der Waals surface area (Å²) in [6.45, 7) is 6.27. The zero-order chi connectivity index (χ0) is 23.3. The Morgan fingerprint density at radius 3 is 2.44 bits per heavy atom. The molecule has 0 aliphatic heterocycles. The van der Waals surface area contributed by atoms with Gasteiger partial charge in [0.15, 0.2) is 11.0 Å². The minimum atomic E-state index is -0.422. The maximum Gasteiger partial charge on any atom is 0.233 e. The van der Waals surface area contributed by atoms with Crippen molar-refractivity contribution in [2.24, 2.45) is 7.05 Å². The highest BCUT2D eigenvalue weighted by atomic mass is 35.5. The first-order valence-corrected chi connectivity index (χ1v) is 11.8. The number of hydrogen-bond acceptors (Lipinski definition) is 5. The van der Waals surface area contributed by atoms with Gasteiger partial charge in [0.25, 0.3) is 0 Å². The van der Waals surface area contributed by atoms with Crippen molar-refractivity contribution in [2.45, 2.75) is 25.5 Å². The summed E-state index contributed by atoms with van der Waals surface area (Å²) >= 11 is 7.37. The van der Waals surface area contributed by atoms with E-state index in [-0.39, 0.29) is 18.2 Å². The number of halogens is 2. The van der Waals surface area contributed by atoms with Gasteiger partial charge in [0.1, 0.15) is 5.82 Å². The molecule has 0 bridgehead atoms. The van der Waals surface area contributed by atoms with Gasteiger partial charge in [0.05, 0.1) is 5.75 Å². The SMILES string of the molecule is CCN(CC)c1ccc(-c2nnc(SCC(=O)N(C)Cc3c(F)cccc3Cl)n2C)cc1. The Labute approximate surface area is 197 Å². The average molecular weight is 476 g/mol. The molecule has 0 aliphatic rings. The van der Waals surface area contributed by atoms with E-state index in [0.29, 0.717) is 15.7 Å². The Morgan fingerprint density at radius 1 is 1.12 bits per heavy atom. The normalized spacial score (nSPS) is 10.9. The second-order valence-corrected chi connectivity index (χ2v) is 8.67. The third-order valence-electron chi connectivity index (χ3n) is 5.30. The molecule has 9 heteroatoms. The van der Waals surface area contributed by atoms with Crippen molar-refractivity contribution in [3.05, 3.63) is 58.9 Å². The van der Waals surface area contributed by atoms with Gasteiger partial charge in [-0.1, -0.05) is 29.4 Å². The molecule has 170 valence electrons. The molecular weight excluding hydrogens is 449 g/mol. The lowest BCUT2D eigenvalue weighted by molar-refractivity contribution is -0.127. The number of amides is 1. The lowest BCUT2D eigenvalue weighted by Crippen LogP contribution is -2.28. The molecule has 0 saturated carbocycles. The monoisotopic (exact) mass is 475 g/mol. The van der Waals surface area contributed by atoms with E-state index < -0.39 is 5.82 Å². The van der Waals surface area contributed by atoms with Crippen LogP contribution in [-0.4, -0.2) is 51.5 Å². The molecule has 0 atom stereocenters. The minimum Gasteiger partial charge on any atom is -0.372 e. The van der Waals surface area contributed by atoms with Gasteiger partial charge in [-0.25, -0.2) is 4.39 Å². The fourth-order valence-electron chi connectivity index (χ4n) is 3.35. The lowest BCUT2D eigenvalue weighted by Gasteiger charge is -2.21. The van der Waals surface area contributed by atoms with Crippen LogP contribution in [0.2, 0.25) is 5.02 Å². The van der Waals surface area contributed by atoms with E-state index in [1.807, 2.05) is 23.7 Å². The molecule has 0 N–H and O–H groups in total. The summed E-state index contributed by atoms with van der Waals surface area (Å²) in [5, 5.41) is 9.49. The third-order valence-corrected chi connectivity index (χ3v) is 6.66. The minimum absolute atomic E-state index is 0.105. The van der Waals surface area contributed by atoms with Crippen LogP contribution >= 0.6 is 23.4 Å². The topological polar surface area (TPSA) is 54.3 Å². The summed E-state index contributed by atoms with van der Waals surface area (Å²) in [5.74, 6) is 0.324. The highest BCUT2D eigenvalue weighted by Gasteiger charge is 2.17. The van der Waals surface area contributed by atoms with Crippen molar-refractivity contribution in [2.75, 3.05) is 30.8 Å². The van der Waals surface area contributed by atoms with Crippen molar-refractivity contribution in [1.29, 1.82) is 0 Å². The molecule has 0 radical (unpaired) electrons. The van der Waals surface area contributed by atoms with Crippen LogP contribution in [0.1, 0.15) is 19.4 Å². The molecule has 2 aromatic carbocycles. The number of aromatic nitrogens is 3. The Kier molecular flexibility index (Phi) is 8.15. The molecular formula is C23H27ClFN5OS. The fourth-order valence-corrected chi connectivity index (χ4v) is 4.42. The molecule has 3 aromatic rings. The van der Waals surface area contributed by atoms with Crippen LogP contribution in [0, 0.1) is 5.82 Å². The zero-order valence-corrected chi connectivity index (χ0v) is 20.3. The van der Waals surface area contributed by atoms with Crippen molar-refractivity contribution in [3.63, 3.8) is 0 Å². The lowest BCUT2D eigenvalue weighted by atomic mass is 10.2. The van der Waals surface area contributed by atoms with Gasteiger partial charge in [0, 0.05) is 55.6 Å². The van der Waals surface area contributed by atoms with Gasteiger partial charge >= 0.3 is 0 Å². The van der Waals surface area contributed by atoms with Gasteiger partial charge in [-0.05, 0) is 50.2 Å². The maximum atomic E-state index is 14.0. The smallest absolute Gasteiger partial charge is 0.233 e. The number of hydrogen-bond donors (Lipinski definition) is 0. The van der Waals surface area contributed by atoms with Crippen LogP contribution < -0.4 is 4.90 Å². The Balaban J connectivity index is 1.64. The first-order chi connectivity index (χ1) is 15.3. The van der Waals surface area contributed by atoms with Gasteiger partial charge < -0.3 is 14.4 Å². The standard InChI is InChI=1S/C23H27ClFN5OS/c1-5-30(6-2)17-12-10-16(11-13-17)22-26-27-23(29(22)4)32-15-21(31)28(3)14-18-19(24)8-7-9-20(18)25/h7-13H,5-6,14-15H2,1-4H3. The number of carbonyl (C=O) groups excluding carboxylic acids is 1. The molecule has 3 rings (SSSR count). The van der Waals surface area contributed by atoms with Crippen LogP contribution in [0.25, 0.3) is 11.4 Å². The molecule has 6 nitrogen and oxygen atoms in total. The summed E-state index contributed by atoms with van der Waals surface area (Å²) in [7, 11) is 3.51. The fraction of sp³-hybridized carbons (Fsp3) is 0.348. The predicted molar refractivity (Wildman–Crippen MR) is 129 cm³/mol. The first-order valence-electron chi connectivity index (χ1n) is 10.4. The van der Waals surface area contributed by atoms with Crippen LogP contribution in [-0.2, 0) is 18.4 Å².